The Hall–Kier alpha value is -3.68. The van der Waals surface area contributed by atoms with Crippen LogP contribution >= 0.6 is 0 Å². The molecule has 0 radical (unpaired) electrons. The molecule has 0 saturated heterocycles. The molecular formula is C27H31N3O5. The van der Waals surface area contributed by atoms with E-state index in [-0.39, 0.29) is 30.4 Å². The molecule has 2 aromatic carbocycles. The van der Waals surface area contributed by atoms with Crippen molar-refractivity contribution in [3.63, 3.8) is 0 Å². The van der Waals surface area contributed by atoms with Crippen molar-refractivity contribution in [2.75, 3.05) is 7.11 Å². The van der Waals surface area contributed by atoms with E-state index >= 15 is 0 Å². The van der Waals surface area contributed by atoms with E-state index in [2.05, 4.69) is 10.3 Å². The van der Waals surface area contributed by atoms with E-state index in [1.165, 1.54) is 18.1 Å². The number of hydrogen-bond acceptors (Lipinski definition) is 7. The van der Waals surface area contributed by atoms with Gasteiger partial charge in [0, 0.05) is 6.92 Å². The normalized spacial score (nSPS) is 15.7. The van der Waals surface area contributed by atoms with E-state index in [9.17, 15) is 9.59 Å². The zero-order valence-corrected chi connectivity index (χ0v) is 20.8. The van der Waals surface area contributed by atoms with Gasteiger partial charge in [-0.15, -0.1) is 5.10 Å². The number of hydrogen-bond donors (Lipinski definition) is 0. The van der Waals surface area contributed by atoms with E-state index in [1.54, 1.807) is 18.0 Å². The quantitative estimate of drug-likeness (QED) is 0.370. The molecule has 0 bridgehead atoms. The van der Waals surface area contributed by atoms with E-state index in [0.717, 1.165) is 41.8 Å². The standard InChI is InChI=1S/C27H31N3O5/c1-16-12-26(35-19(4)31)18(3)25-13-20(6-11-24(16)25)17(2)27(32)34-15-21-14-30(29-28-21)22-7-9-23(33-5)10-8-22/h7-10,12,14,17,20H,6,11,13,15H2,1-5H3. The minimum absolute atomic E-state index is 0.0668. The first-order valence-electron chi connectivity index (χ1n) is 11.8. The second-order valence-corrected chi connectivity index (χ2v) is 9.12. The number of carbonyl (C=O) groups excluding carboxylic acids is 2. The van der Waals surface area contributed by atoms with E-state index in [0.29, 0.717) is 11.4 Å². The van der Waals surface area contributed by atoms with Crippen molar-refractivity contribution in [3.8, 4) is 17.2 Å². The Morgan fingerprint density at radius 1 is 1.17 bits per heavy atom. The lowest BCUT2D eigenvalue weighted by molar-refractivity contribution is -0.151. The van der Waals surface area contributed by atoms with Crippen LogP contribution in [0.5, 0.6) is 11.5 Å². The van der Waals surface area contributed by atoms with E-state index < -0.39 is 0 Å². The summed E-state index contributed by atoms with van der Waals surface area (Å²) < 4.78 is 17.8. The van der Waals surface area contributed by atoms with Gasteiger partial charge in [-0.05, 0) is 91.6 Å². The van der Waals surface area contributed by atoms with Crippen LogP contribution in [0.15, 0.2) is 36.5 Å². The summed E-state index contributed by atoms with van der Waals surface area (Å²) in [4.78, 5) is 24.4. The van der Waals surface area contributed by atoms with Crippen LogP contribution in [0.1, 0.15) is 48.2 Å². The molecule has 1 heterocycles. The number of carbonyl (C=O) groups is 2. The van der Waals surface area contributed by atoms with Gasteiger partial charge in [0.25, 0.3) is 0 Å². The monoisotopic (exact) mass is 477 g/mol. The molecule has 0 saturated carbocycles. The lowest BCUT2D eigenvalue weighted by Gasteiger charge is -2.31. The number of methoxy groups -OCH3 is 1. The zero-order chi connectivity index (χ0) is 25.1. The summed E-state index contributed by atoms with van der Waals surface area (Å²) in [5, 5.41) is 8.25. The number of ether oxygens (including phenoxy) is 3. The first kappa shape index (κ1) is 24.4. The Morgan fingerprint density at radius 3 is 2.60 bits per heavy atom. The lowest BCUT2D eigenvalue weighted by atomic mass is 9.75. The van der Waals surface area contributed by atoms with Gasteiger partial charge in [-0.2, -0.15) is 0 Å². The second-order valence-electron chi connectivity index (χ2n) is 9.12. The van der Waals surface area contributed by atoms with Crippen molar-refractivity contribution in [1.29, 1.82) is 0 Å². The Balaban J connectivity index is 1.39. The van der Waals surface area contributed by atoms with Gasteiger partial charge in [0.05, 0.1) is 24.9 Å². The fourth-order valence-electron chi connectivity index (χ4n) is 4.71. The third-order valence-corrected chi connectivity index (χ3v) is 6.81. The zero-order valence-electron chi connectivity index (χ0n) is 20.8. The number of aromatic nitrogens is 3. The van der Waals surface area contributed by atoms with Crippen molar-refractivity contribution in [1.82, 2.24) is 15.0 Å². The molecule has 1 aromatic heterocycles. The fraction of sp³-hybridized carbons (Fsp3) is 0.407. The predicted molar refractivity (Wildman–Crippen MR) is 130 cm³/mol. The molecule has 0 amide bonds. The highest BCUT2D eigenvalue weighted by Gasteiger charge is 2.31. The Bertz CT molecular complexity index is 1230. The number of esters is 2. The van der Waals surface area contributed by atoms with Gasteiger partial charge < -0.3 is 14.2 Å². The summed E-state index contributed by atoms with van der Waals surface area (Å²) in [6.07, 6.45) is 4.30. The molecule has 1 aliphatic carbocycles. The molecule has 4 rings (SSSR count). The molecule has 0 aliphatic heterocycles. The maximum Gasteiger partial charge on any atom is 0.309 e. The Labute approximate surface area is 205 Å². The number of rotatable bonds is 7. The van der Waals surface area contributed by atoms with Gasteiger partial charge in [-0.3, -0.25) is 9.59 Å². The molecule has 8 nitrogen and oxygen atoms in total. The summed E-state index contributed by atoms with van der Waals surface area (Å²) in [7, 11) is 1.62. The molecule has 184 valence electrons. The SMILES string of the molecule is COc1ccc(-n2cc(COC(=O)C(C)C3CCc4c(C)cc(OC(C)=O)c(C)c4C3)nn2)cc1. The van der Waals surface area contributed by atoms with Crippen LogP contribution in [-0.4, -0.2) is 34.0 Å². The fourth-order valence-corrected chi connectivity index (χ4v) is 4.71. The summed E-state index contributed by atoms with van der Waals surface area (Å²) in [5.74, 6) is 0.663. The van der Waals surface area contributed by atoms with Crippen LogP contribution in [0.2, 0.25) is 0 Å². The molecule has 3 aromatic rings. The minimum Gasteiger partial charge on any atom is -0.497 e. The van der Waals surface area contributed by atoms with Gasteiger partial charge in [-0.1, -0.05) is 12.1 Å². The van der Waals surface area contributed by atoms with Gasteiger partial charge in [0.1, 0.15) is 23.8 Å². The average Bonchev–Trinajstić information content (AvgIpc) is 3.33. The molecule has 2 unspecified atom stereocenters. The molecule has 0 fully saturated rings. The summed E-state index contributed by atoms with van der Waals surface area (Å²) in [6, 6.07) is 9.39. The largest absolute Gasteiger partial charge is 0.497 e. The molecule has 1 aliphatic rings. The van der Waals surface area contributed by atoms with Crippen LogP contribution in [0.4, 0.5) is 0 Å². The summed E-state index contributed by atoms with van der Waals surface area (Å²) in [6.45, 7) is 7.42. The Morgan fingerprint density at radius 2 is 1.91 bits per heavy atom. The molecule has 2 atom stereocenters. The molecule has 0 N–H and O–H groups in total. The van der Waals surface area contributed by atoms with Crippen LogP contribution in [0.25, 0.3) is 5.69 Å². The van der Waals surface area contributed by atoms with Crippen molar-refractivity contribution in [2.45, 2.75) is 53.6 Å². The highest BCUT2D eigenvalue weighted by molar-refractivity contribution is 5.73. The van der Waals surface area contributed by atoms with Crippen LogP contribution in [-0.2, 0) is 33.8 Å². The van der Waals surface area contributed by atoms with Crippen molar-refractivity contribution < 1.29 is 23.8 Å². The number of aryl methyl sites for hydroxylation is 1. The maximum atomic E-state index is 12.9. The van der Waals surface area contributed by atoms with Crippen molar-refractivity contribution >= 4 is 11.9 Å². The predicted octanol–water partition coefficient (Wildman–Crippen LogP) is 4.30. The van der Waals surface area contributed by atoms with Crippen LogP contribution in [0, 0.1) is 25.7 Å². The highest BCUT2D eigenvalue weighted by Crippen LogP contribution is 2.38. The van der Waals surface area contributed by atoms with Crippen LogP contribution in [0.3, 0.4) is 0 Å². The van der Waals surface area contributed by atoms with Gasteiger partial charge >= 0.3 is 11.9 Å². The molecule has 0 spiro atoms. The van der Waals surface area contributed by atoms with Crippen molar-refractivity contribution in [2.24, 2.45) is 11.8 Å². The van der Waals surface area contributed by atoms with Gasteiger partial charge in [-0.25, -0.2) is 4.68 Å². The van der Waals surface area contributed by atoms with E-state index in [1.807, 2.05) is 51.1 Å². The first-order valence-corrected chi connectivity index (χ1v) is 11.8. The smallest absolute Gasteiger partial charge is 0.309 e. The topological polar surface area (TPSA) is 92.5 Å². The number of nitrogens with zero attached hydrogens (tertiary/aromatic N) is 3. The van der Waals surface area contributed by atoms with Gasteiger partial charge in [0.2, 0.25) is 0 Å². The molecule has 8 heteroatoms. The Kier molecular flexibility index (Phi) is 7.19. The summed E-state index contributed by atoms with van der Waals surface area (Å²) >= 11 is 0. The van der Waals surface area contributed by atoms with Crippen LogP contribution < -0.4 is 9.47 Å². The minimum atomic E-state index is -0.333. The molecule has 35 heavy (non-hydrogen) atoms. The third-order valence-electron chi connectivity index (χ3n) is 6.81. The van der Waals surface area contributed by atoms with Gasteiger partial charge in [0.15, 0.2) is 0 Å². The number of benzene rings is 2. The average molecular weight is 478 g/mol. The third kappa shape index (κ3) is 5.37. The molecular weight excluding hydrogens is 446 g/mol. The summed E-state index contributed by atoms with van der Waals surface area (Å²) in [5.41, 5.74) is 5.98. The maximum absolute atomic E-state index is 12.9. The highest BCUT2D eigenvalue weighted by atomic mass is 16.5. The second kappa shape index (κ2) is 10.3. The number of fused-ring (bicyclic) bond motifs is 1. The van der Waals surface area contributed by atoms with Crippen molar-refractivity contribution in [3.05, 3.63) is 64.5 Å². The lowest BCUT2D eigenvalue weighted by Crippen LogP contribution is -2.29. The first-order chi connectivity index (χ1) is 16.8. The van der Waals surface area contributed by atoms with E-state index in [4.69, 9.17) is 14.2 Å².